The van der Waals surface area contributed by atoms with Crippen LogP contribution in [0, 0.1) is 0 Å². The molecular formula is C13H23N3S. The molecule has 1 aliphatic heterocycles. The molecule has 1 fully saturated rings. The number of aromatic nitrogens is 1. The molecule has 1 unspecified atom stereocenters. The van der Waals surface area contributed by atoms with Gasteiger partial charge in [0.25, 0.3) is 0 Å². The van der Waals surface area contributed by atoms with Crippen LogP contribution in [0.5, 0.6) is 0 Å². The third kappa shape index (κ3) is 3.27. The minimum Gasteiger partial charge on any atom is -0.314 e. The van der Waals surface area contributed by atoms with Crippen molar-refractivity contribution in [1.82, 2.24) is 15.2 Å². The zero-order chi connectivity index (χ0) is 12.3. The molecule has 2 rings (SSSR count). The molecule has 1 aromatic heterocycles. The van der Waals surface area contributed by atoms with Crippen LogP contribution in [0.1, 0.15) is 37.4 Å². The highest BCUT2D eigenvalue weighted by Gasteiger charge is 2.27. The standard InChI is InChI=1S/C13H23N3S/c1-10(2)16-6-4-5-12(16)7-13-15-11(8-14-3)9-17-13/h9-10,12,14H,4-8H2,1-3H3. The second-order valence-electron chi connectivity index (χ2n) is 5.09. The first kappa shape index (κ1) is 13.0. The summed E-state index contributed by atoms with van der Waals surface area (Å²) < 4.78 is 0. The lowest BCUT2D eigenvalue weighted by molar-refractivity contribution is 0.202. The highest BCUT2D eigenvalue weighted by molar-refractivity contribution is 7.09. The smallest absolute Gasteiger partial charge is 0.0944 e. The van der Waals surface area contributed by atoms with Crippen LogP contribution in [0.2, 0.25) is 0 Å². The Kier molecular flexibility index (Phi) is 4.54. The summed E-state index contributed by atoms with van der Waals surface area (Å²) >= 11 is 1.81. The summed E-state index contributed by atoms with van der Waals surface area (Å²) in [6.07, 6.45) is 3.81. The van der Waals surface area contributed by atoms with E-state index in [1.165, 1.54) is 30.1 Å². The lowest BCUT2D eigenvalue weighted by Crippen LogP contribution is -2.36. The summed E-state index contributed by atoms with van der Waals surface area (Å²) in [4.78, 5) is 7.31. The van der Waals surface area contributed by atoms with Crippen molar-refractivity contribution in [2.24, 2.45) is 0 Å². The summed E-state index contributed by atoms with van der Waals surface area (Å²) in [5.74, 6) is 0. The predicted octanol–water partition coefficient (Wildman–Crippen LogP) is 2.28. The van der Waals surface area contributed by atoms with Crippen molar-refractivity contribution in [3.63, 3.8) is 0 Å². The summed E-state index contributed by atoms with van der Waals surface area (Å²) in [5.41, 5.74) is 1.18. The Bertz CT molecular complexity index is 348. The van der Waals surface area contributed by atoms with Gasteiger partial charge < -0.3 is 5.32 Å². The molecule has 0 aliphatic carbocycles. The summed E-state index contributed by atoms with van der Waals surface area (Å²) in [6.45, 7) is 6.74. The minimum absolute atomic E-state index is 0.666. The molecule has 0 bridgehead atoms. The maximum atomic E-state index is 4.69. The van der Waals surface area contributed by atoms with E-state index in [-0.39, 0.29) is 0 Å². The number of hydrogen-bond acceptors (Lipinski definition) is 4. The van der Waals surface area contributed by atoms with Gasteiger partial charge in [-0.05, 0) is 40.3 Å². The van der Waals surface area contributed by atoms with Crippen molar-refractivity contribution in [2.75, 3.05) is 13.6 Å². The molecule has 4 heteroatoms. The molecule has 96 valence electrons. The SMILES string of the molecule is CNCc1csc(CC2CCCN2C(C)C)n1. The van der Waals surface area contributed by atoms with Gasteiger partial charge in [-0.1, -0.05) is 0 Å². The number of hydrogen-bond donors (Lipinski definition) is 1. The lowest BCUT2D eigenvalue weighted by atomic mass is 10.1. The van der Waals surface area contributed by atoms with Crippen LogP contribution >= 0.6 is 11.3 Å². The number of rotatable bonds is 5. The third-order valence-electron chi connectivity index (χ3n) is 3.45. The summed E-state index contributed by atoms with van der Waals surface area (Å²) in [5, 5.41) is 6.63. The molecule has 2 heterocycles. The molecule has 1 N–H and O–H groups in total. The van der Waals surface area contributed by atoms with E-state index in [2.05, 4.69) is 34.4 Å². The van der Waals surface area contributed by atoms with Gasteiger partial charge in [-0.3, -0.25) is 4.90 Å². The first-order chi connectivity index (χ1) is 8.20. The quantitative estimate of drug-likeness (QED) is 0.872. The van der Waals surface area contributed by atoms with Gasteiger partial charge >= 0.3 is 0 Å². The number of nitrogens with one attached hydrogen (secondary N) is 1. The zero-order valence-corrected chi connectivity index (χ0v) is 11.9. The maximum absolute atomic E-state index is 4.69. The topological polar surface area (TPSA) is 28.2 Å². The minimum atomic E-state index is 0.666. The fourth-order valence-corrected chi connectivity index (χ4v) is 3.53. The first-order valence-corrected chi connectivity index (χ1v) is 7.42. The van der Waals surface area contributed by atoms with Crippen molar-refractivity contribution in [2.45, 2.75) is 51.7 Å². The normalized spacial score (nSPS) is 21.5. The average molecular weight is 253 g/mol. The van der Waals surface area contributed by atoms with E-state index < -0.39 is 0 Å². The van der Waals surface area contributed by atoms with Gasteiger partial charge in [-0.25, -0.2) is 4.98 Å². The Hall–Kier alpha value is -0.450. The largest absolute Gasteiger partial charge is 0.314 e. The molecular weight excluding hydrogens is 230 g/mol. The van der Waals surface area contributed by atoms with Crippen molar-refractivity contribution in [3.05, 3.63) is 16.1 Å². The number of likely N-dealkylation sites (tertiary alicyclic amines) is 1. The molecule has 1 saturated heterocycles. The fraction of sp³-hybridized carbons (Fsp3) is 0.769. The van der Waals surface area contributed by atoms with E-state index in [4.69, 9.17) is 0 Å². The second-order valence-corrected chi connectivity index (χ2v) is 6.04. The van der Waals surface area contributed by atoms with Gasteiger partial charge in [0.15, 0.2) is 0 Å². The van der Waals surface area contributed by atoms with Gasteiger partial charge in [-0.15, -0.1) is 11.3 Å². The van der Waals surface area contributed by atoms with Crippen molar-refractivity contribution < 1.29 is 0 Å². The van der Waals surface area contributed by atoms with Gasteiger partial charge in [-0.2, -0.15) is 0 Å². The van der Waals surface area contributed by atoms with Crippen LogP contribution in [-0.4, -0.2) is 35.6 Å². The van der Waals surface area contributed by atoms with E-state index in [0.29, 0.717) is 12.1 Å². The van der Waals surface area contributed by atoms with E-state index in [0.717, 1.165) is 13.0 Å². The maximum Gasteiger partial charge on any atom is 0.0944 e. The molecule has 1 aliphatic rings. The number of thiazole rings is 1. The van der Waals surface area contributed by atoms with E-state index >= 15 is 0 Å². The highest BCUT2D eigenvalue weighted by atomic mass is 32.1. The molecule has 0 amide bonds. The van der Waals surface area contributed by atoms with Crippen molar-refractivity contribution in [1.29, 1.82) is 0 Å². The molecule has 3 nitrogen and oxygen atoms in total. The van der Waals surface area contributed by atoms with E-state index in [1.54, 1.807) is 0 Å². The molecule has 0 saturated carbocycles. The van der Waals surface area contributed by atoms with Crippen molar-refractivity contribution in [3.8, 4) is 0 Å². The molecule has 1 atom stereocenters. The lowest BCUT2D eigenvalue weighted by Gasteiger charge is -2.27. The van der Waals surface area contributed by atoms with Crippen LogP contribution < -0.4 is 5.32 Å². The Morgan fingerprint density at radius 1 is 1.59 bits per heavy atom. The van der Waals surface area contributed by atoms with Crippen LogP contribution in [0.15, 0.2) is 5.38 Å². The van der Waals surface area contributed by atoms with Crippen LogP contribution in [-0.2, 0) is 13.0 Å². The van der Waals surface area contributed by atoms with E-state index in [9.17, 15) is 0 Å². The molecule has 0 radical (unpaired) electrons. The Morgan fingerprint density at radius 3 is 3.12 bits per heavy atom. The fourth-order valence-electron chi connectivity index (χ4n) is 2.66. The molecule has 17 heavy (non-hydrogen) atoms. The number of nitrogens with zero attached hydrogens (tertiary/aromatic N) is 2. The van der Waals surface area contributed by atoms with Crippen LogP contribution in [0.25, 0.3) is 0 Å². The van der Waals surface area contributed by atoms with Crippen LogP contribution in [0.4, 0.5) is 0 Å². The van der Waals surface area contributed by atoms with Gasteiger partial charge in [0.1, 0.15) is 0 Å². The Labute approximate surface area is 108 Å². The predicted molar refractivity (Wildman–Crippen MR) is 73.4 cm³/mol. The first-order valence-electron chi connectivity index (χ1n) is 6.54. The highest BCUT2D eigenvalue weighted by Crippen LogP contribution is 2.24. The van der Waals surface area contributed by atoms with Crippen molar-refractivity contribution >= 4 is 11.3 Å². The van der Waals surface area contributed by atoms with Gasteiger partial charge in [0.05, 0.1) is 10.7 Å². The second kappa shape index (κ2) is 5.94. The zero-order valence-electron chi connectivity index (χ0n) is 11.1. The van der Waals surface area contributed by atoms with Gasteiger partial charge in [0, 0.05) is 30.4 Å². The molecule has 1 aromatic rings. The Balaban J connectivity index is 1.95. The summed E-state index contributed by atoms with van der Waals surface area (Å²) in [7, 11) is 1.97. The van der Waals surface area contributed by atoms with Crippen LogP contribution in [0.3, 0.4) is 0 Å². The van der Waals surface area contributed by atoms with Gasteiger partial charge in [0.2, 0.25) is 0 Å². The monoisotopic (exact) mass is 253 g/mol. The average Bonchev–Trinajstić information content (AvgIpc) is 2.89. The molecule has 0 spiro atoms. The third-order valence-corrected chi connectivity index (χ3v) is 4.37. The molecule has 0 aromatic carbocycles. The summed E-state index contributed by atoms with van der Waals surface area (Å²) in [6, 6.07) is 1.38. The Morgan fingerprint density at radius 2 is 2.41 bits per heavy atom. The van der Waals surface area contributed by atoms with E-state index in [1.807, 2.05) is 18.4 Å².